The van der Waals surface area contributed by atoms with E-state index >= 15 is 0 Å². The summed E-state index contributed by atoms with van der Waals surface area (Å²) in [5, 5.41) is 16.2. The van der Waals surface area contributed by atoms with Crippen molar-refractivity contribution in [2.45, 2.75) is 0 Å². The van der Waals surface area contributed by atoms with Gasteiger partial charge >= 0.3 is 5.97 Å². The van der Waals surface area contributed by atoms with E-state index in [1.54, 1.807) is 24.3 Å². The maximum atomic E-state index is 13.2. The molecule has 0 aliphatic heterocycles. The molecule has 7 heteroatoms. The summed E-state index contributed by atoms with van der Waals surface area (Å²) in [5.41, 5.74) is 2.50. The second-order valence-electron chi connectivity index (χ2n) is 5.23. The van der Waals surface area contributed by atoms with Gasteiger partial charge in [0.2, 0.25) is 0 Å². The van der Waals surface area contributed by atoms with E-state index in [-0.39, 0.29) is 18.1 Å². The summed E-state index contributed by atoms with van der Waals surface area (Å²) in [6.45, 7) is 0.204. The Labute approximate surface area is 142 Å². The van der Waals surface area contributed by atoms with Crippen LogP contribution in [0.5, 0.6) is 0 Å². The lowest BCUT2D eigenvalue weighted by Crippen LogP contribution is -2.03. The molecule has 0 unspecified atom stereocenters. The molecule has 0 amide bonds. The first-order valence-electron chi connectivity index (χ1n) is 7.46. The summed E-state index contributed by atoms with van der Waals surface area (Å²) in [5.74, 6) is -1.53. The first-order valence-corrected chi connectivity index (χ1v) is 7.46. The van der Waals surface area contributed by atoms with Crippen molar-refractivity contribution in [1.82, 2.24) is 9.78 Å². The third-order valence-corrected chi connectivity index (χ3v) is 3.57. The molecule has 6 nitrogen and oxygen atoms in total. The average molecular weight is 339 g/mol. The molecule has 2 aromatic carbocycles. The fraction of sp³-hybridized carbons (Fsp3) is 0.0556. The highest BCUT2D eigenvalue weighted by Gasteiger charge is 2.16. The highest BCUT2D eigenvalue weighted by Crippen LogP contribution is 2.25. The Morgan fingerprint density at radius 2 is 1.84 bits per heavy atom. The number of aldehydes is 1. The van der Waals surface area contributed by atoms with E-state index < -0.39 is 5.97 Å². The van der Waals surface area contributed by atoms with Crippen molar-refractivity contribution in [2.75, 3.05) is 11.9 Å². The molecule has 126 valence electrons. The molecule has 3 aromatic rings. The summed E-state index contributed by atoms with van der Waals surface area (Å²) in [7, 11) is 0. The molecular formula is C18H14FN3O3. The van der Waals surface area contributed by atoms with Crippen LogP contribution >= 0.6 is 0 Å². The van der Waals surface area contributed by atoms with E-state index in [0.29, 0.717) is 11.4 Å². The smallest absolute Gasteiger partial charge is 0.356 e. The lowest BCUT2D eigenvalue weighted by molar-refractivity contribution is -0.106. The minimum absolute atomic E-state index is 0.109. The number of benzene rings is 2. The van der Waals surface area contributed by atoms with Crippen molar-refractivity contribution < 1.29 is 19.1 Å². The fourth-order valence-corrected chi connectivity index (χ4v) is 2.39. The fourth-order valence-electron chi connectivity index (χ4n) is 2.39. The first-order chi connectivity index (χ1) is 12.1. The second kappa shape index (κ2) is 6.96. The molecule has 0 saturated heterocycles. The standard InChI is InChI=1S/C18H14FN3O3/c19-13-3-7-15(8-4-13)22-17(11-16(21-22)18(24)25)12-1-5-14(6-2-12)20-9-10-23/h1-8,10-11,20H,9H2,(H,24,25). The number of rotatable bonds is 6. The minimum Gasteiger partial charge on any atom is -0.476 e. The van der Waals surface area contributed by atoms with Crippen molar-refractivity contribution >= 4 is 17.9 Å². The van der Waals surface area contributed by atoms with Gasteiger partial charge in [0.25, 0.3) is 0 Å². The molecule has 0 saturated carbocycles. The number of aromatic nitrogens is 2. The maximum Gasteiger partial charge on any atom is 0.356 e. The van der Waals surface area contributed by atoms with E-state index in [1.807, 2.05) is 0 Å². The Kier molecular flexibility index (Phi) is 4.56. The number of carbonyl (C=O) groups is 2. The molecule has 0 bridgehead atoms. The molecule has 25 heavy (non-hydrogen) atoms. The van der Waals surface area contributed by atoms with Crippen molar-refractivity contribution in [3.05, 3.63) is 66.1 Å². The Balaban J connectivity index is 2.03. The van der Waals surface area contributed by atoms with Crippen LogP contribution < -0.4 is 5.32 Å². The molecule has 0 atom stereocenters. The van der Waals surface area contributed by atoms with Crippen molar-refractivity contribution in [1.29, 1.82) is 0 Å². The van der Waals surface area contributed by atoms with Gasteiger partial charge in [0, 0.05) is 11.3 Å². The Hall–Kier alpha value is -3.48. The number of aromatic carboxylic acids is 1. The normalized spacial score (nSPS) is 10.4. The highest BCUT2D eigenvalue weighted by atomic mass is 19.1. The van der Waals surface area contributed by atoms with Gasteiger partial charge in [-0.05, 0) is 42.5 Å². The number of halogens is 1. The zero-order chi connectivity index (χ0) is 17.8. The lowest BCUT2D eigenvalue weighted by Gasteiger charge is -2.09. The maximum absolute atomic E-state index is 13.2. The van der Waals surface area contributed by atoms with E-state index in [2.05, 4.69) is 10.4 Å². The Bertz CT molecular complexity index is 902. The number of anilines is 1. The number of hydrogen-bond acceptors (Lipinski definition) is 4. The van der Waals surface area contributed by atoms with Gasteiger partial charge in [-0.25, -0.2) is 13.9 Å². The number of nitrogens with one attached hydrogen (secondary N) is 1. The largest absolute Gasteiger partial charge is 0.476 e. The van der Waals surface area contributed by atoms with E-state index in [9.17, 15) is 19.1 Å². The SMILES string of the molecule is O=CCNc1ccc(-c2cc(C(=O)O)nn2-c2ccc(F)cc2)cc1. The molecule has 1 aromatic heterocycles. The first kappa shape index (κ1) is 16.4. The molecule has 0 aliphatic carbocycles. The molecule has 0 aliphatic rings. The zero-order valence-electron chi connectivity index (χ0n) is 13.0. The Morgan fingerprint density at radius 3 is 2.44 bits per heavy atom. The monoisotopic (exact) mass is 339 g/mol. The summed E-state index contributed by atoms with van der Waals surface area (Å²) in [6, 6.07) is 14.2. The number of carboxylic acids is 1. The van der Waals surface area contributed by atoms with E-state index in [1.165, 1.54) is 35.0 Å². The molecular weight excluding hydrogens is 325 g/mol. The quantitative estimate of drug-likeness (QED) is 0.675. The molecule has 1 heterocycles. The number of carbonyl (C=O) groups excluding carboxylic acids is 1. The van der Waals surface area contributed by atoms with E-state index in [4.69, 9.17) is 0 Å². The van der Waals surface area contributed by atoms with Crippen LogP contribution in [0.2, 0.25) is 0 Å². The summed E-state index contributed by atoms with van der Waals surface area (Å²) < 4.78 is 14.6. The van der Waals surface area contributed by atoms with Crippen molar-refractivity contribution in [3.63, 3.8) is 0 Å². The second-order valence-corrected chi connectivity index (χ2v) is 5.23. The van der Waals surface area contributed by atoms with Gasteiger partial charge < -0.3 is 15.2 Å². The van der Waals surface area contributed by atoms with Gasteiger partial charge in [-0.2, -0.15) is 5.10 Å². The topological polar surface area (TPSA) is 84.2 Å². The number of carboxylic acid groups (broad SMARTS) is 1. The third kappa shape index (κ3) is 3.55. The highest BCUT2D eigenvalue weighted by molar-refractivity contribution is 5.87. The van der Waals surface area contributed by atoms with Crippen LogP contribution in [0.4, 0.5) is 10.1 Å². The molecule has 0 fully saturated rings. The number of nitrogens with zero attached hydrogens (tertiary/aromatic N) is 2. The summed E-state index contributed by atoms with van der Waals surface area (Å²) in [4.78, 5) is 21.7. The average Bonchev–Trinajstić information content (AvgIpc) is 3.07. The van der Waals surface area contributed by atoms with Crippen molar-refractivity contribution in [2.24, 2.45) is 0 Å². The van der Waals surface area contributed by atoms with Gasteiger partial charge in [0.1, 0.15) is 12.1 Å². The molecule has 0 spiro atoms. The van der Waals surface area contributed by atoms with Gasteiger partial charge in [-0.3, -0.25) is 0 Å². The third-order valence-electron chi connectivity index (χ3n) is 3.57. The van der Waals surface area contributed by atoms with Gasteiger partial charge in [-0.1, -0.05) is 12.1 Å². The van der Waals surface area contributed by atoms with Crippen LogP contribution in [0.1, 0.15) is 10.5 Å². The molecule has 2 N–H and O–H groups in total. The van der Waals surface area contributed by atoms with Crippen molar-refractivity contribution in [3.8, 4) is 16.9 Å². The van der Waals surface area contributed by atoms with Crippen LogP contribution in [0.15, 0.2) is 54.6 Å². The molecule has 0 radical (unpaired) electrons. The predicted molar refractivity (Wildman–Crippen MR) is 90.5 cm³/mol. The van der Waals surface area contributed by atoms with Crippen LogP contribution in [0.25, 0.3) is 16.9 Å². The summed E-state index contributed by atoms with van der Waals surface area (Å²) >= 11 is 0. The van der Waals surface area contributed by atoms with Crippen LogP contribution in [-0.2, 0) is 4.79 Å². The van der Waals surface area contributed by atoms with Gasteiger partial charge in [-0.15, -0.1) is 0 Å². The zero-order valence-corrected chi connectivity index (χ0v) is 13.0. The van der Waals surface area contributed by atoms with Crippen LogP contribution in [0.3, 0.4) is 0 Å². The minimum atomic E-state index is -1.15. The predicted octanol–water partition coefficient (Wildman–Crippen LogP) is 2.99. The summed E-state index contributed by atoms with van der Waals surface area (Å²) in [6.07, 6.45) is 0.761. The Morgan fingerprint density at radius 1 is 1.16 bits per heavy atom. The van der Waals surface area contributed by atoms with Crippen LogP contribution in [0, 0.1) is 5.82 Å². The van der Waals surface area contributed by atoms with Gasteiger partial charge in [0.05, 0.1) is 17.9 Å². The van der Waals surface area contributed by atoms with Gasteiger partial charge in [0.15, 0.2) is 5.69 Å². The van der Waals surface area contributed by atoms with E-state index in [0.717, 1.165) is 17.5 Å². The molecule has 3 rings (SSSR count). The van der Waals surface area contributed by atoms with Crippen LogP contribution in [-0.4, -0.2) is 33.7 Å². The number of hydrogen-bond donors (Lipinski definition) is 2. The lowest BCUT2D eigenvalue weighted by atomic mass is 10.1.